The number of benzene rings is 1. The number of amides is 2. The number of allylic oxidation sites excluding steroid dienone is 3. The van der Waals surface area contributed by atoms with Crippen LogP contribution in [0.3, 0.4) is 0 Å². The second kappa shape index (κ2) is 9.78. The van der Waals surface area contributed by atoms with Crippen molar-refractivity contribution in [1.29, 1.82) is 5.26 Å². The summed E-state index contributed by atoms with van der Waals surface area (Å²) in [7, 11) is 0. The molecule has 3 heterocycles. The van der Waals surface area contributed by atoms with Crippen LogP contribution in [0.2, 0.25) is 0 Å². The Morgan fingerprint density at radius 3 is 2.92 bits per heavy atom. The molecule has 4 rings (SSSR count). The molecule has 1 fully saturated rings. The molecule has 14 nitrogen and oxygen atoms in total. The number of nitrogens with two attached hydrogens (primary N) is 3. The molecular weight excluding hydrogens is 470 g/mol. The van der Waals surface area contributed by atoms with Gasteiger partial charge in [-0.1, -0.05) is 5.16 Å². The SMILES string of the molecule is Cc1cc(N2CCOC(C(O)C(=O)Nc3ccc4c(N)noc4c3)C2=O)nn1C(/C=C(\N)C#N)=C/N. The van der Waals surface area contributed by atoms with E-state index >= 15 is 0 Å². The van der Waals surface area contributed by atoms with Gasteiger partial charge in [0, 0.05) is 29.7 Å². The number of rotatable bonds is 6. The van der Waals surface area contributed by atoms with Crippen molar-refractivity contribution < 1.29 is 24.0 Å². The van der Waals surface area contributed by atoms with Crippen molar-refractivity contribution >= 4 is 45.8 Å². The van der Waals surface area contributed by atoms with Crippen molar-refractivity contribution in [3.05, 3.63) is 47.9 Å². The molecule has 36 heavy (non-hydrogen) atoms. The topological polar surface area (TPSA) is 225 Å². The Labute approximate surface area is 204 Å². The lowest BCUT2D eigenvalue weighted by Gasteiger charge is -2.32. The van der Waals surface area contributed by atoms with E-state index in [0.29, 0.717) is 28.0 Å². The first kappa shape index (κ1) is 24.3. The molecule has 186 valence electrons. The Hall–Kier alpha value is -4.87. The van der Waals surface area contributed by atoms with Gasteiger partial charge in [0.25, 0.3) is 11.8 Å². The molecule has 3 aromatic rings. The van der Waals surface area contributed by atoms with Gasteiger partial charge in [0.15, 0.2) is 29.4 Å². The van der Waals surface area contributed by atoms with Crippen LogP contribution in [0.5, 0.6) is 0 Å². The summed E-state index contributed by atoms with van der Waals surface area (Å²) in [6, 6.07) is 8.06. The van der Waals surface area contributed by atoms with Crippen LogP contribution in [-0.2, 0) is 14.3 Å². The fourth-order valence-corrected chi connectivity index (χ4v) is 3.67. The predicted molar refractivity (Wildman–Crippen MR) is 128 cm³/mol. The minimum atomic E-state index is -1.81. The minimum absolute atomic E-state index is 0.0524. The van der Waals surface area contributed by atoms with Crippen LogP contribution in [0.15, 0.2) is 46.8 Å². The first-order valence-electron chi connectivity index (χ1n) is 10.7. The Kier molecular flexibility index (Phi) is 6.59. The summed E-state index contributed by atoms with van der Waals surface area (Å²) in [6.45, 7) is 1.92. The van der Waals surface area contributed by atoms with E-state index < -0.39 is 24.0 Å². The Bertz CT molecular complexity index is 1430. The molecule has 1 saturated heterocycles. The van der Waals surface area contributed by atoms with Gasteiger partial charge in [-0.2, -0.15) is 5.26 Å². The number of aliphatic hydroxyl groups is 1. The number of nitriles is 1. The summed E-state index contributed by atoms with van der Waals surface area (Å²) in [5.74, 6) is -1.05. The van der Waals surface area contributed by atoms with Crippen molar-refractivity contribution in [3.63, 3.8) is 0 Å². The minimum Gasteiger partial charge on any atom is -0.403 e. The number of aliphatic hydroxyl groups excluding tert-OH is 1. The number of nitrogens with zero attached hydrogens (tertiary/aromatic N) is 5. The third kappa shape index (κ3) is 4.56. The second-order valence-electron chi connectivity index (χ2n) is 7.85. The highest BCUT2D eigenvalue weighted by Crippen LogP contribution is 2.25. The smallest absolute Gasteiger partial charge is 0.260 e. The average molecular weight is 493 g/mol. The molecule has 2 unspecified atom stereocenters. The zero-order valence-electron chi connectivity index (χ0n) is 19.1. The average Bonchev–Trinajstić information content (AvgIpc) is 3.44. The van der Waals surface area contributed by atoms with Crippen molar-refractivity contribution in [2.75, 3.05) is 29.1 Å². The number of nitrogen functional groups attached to an aromatic ring is 1. The van der Waals surface area contributed by atoms with E-state index in [1.54, 1.807) is 31.2 Å². The summed E-state index contributed by atoms with van der Waals surface area (Å²) in [6.07, 6.45) is -0.715. The number of carbonyl (C=O) groups excluding carboxylic acids is 2. The van der Waals surface area contributed by atoms with Gasteiger partial charge in [-0.05, 0) is 25.1 Å². The van der Waals surface area contributed by atoms with Crippen molar-refractivity contribution in [2.24, 2.45) is 11.5 Å². The van der Waals surface area contributed by atoms with E-state index in [1.807, 2.05) is 0 Å². The number of nitrogens with one attached hydrogen (secondary N) is 1. The van der Waals surface area contributed by atoms with Crippen LogP contribution >= 0.6 is 0 Å². The van der Waals surface area contributed by atoms with Gasteiger partial charge in [0.2, 0.25) is 0 Å². The molecule has 0 radical (unpaired) electrons. The normalized spacial score (nSPS) is 17.8. The molecule has 0 spiro atoms. The van der Waals surface area contributed by atoms with Gasteiger partial charge in [0.05, 0.1) is 24.2 Å². The maximum Gasteiger partial charge on any atom is 0.260 e. The van der Waals surface area contributed by atoms with Gasteiger partial charge in [-0.3, -0.25) is 14.5 Å². The van der Waals surface area contributed by atoms with Gasteiger partial charge < -0.3 is 36.9 Å². The maximum atomic E-state index is 13.1. The summed E-state index contributed by atoms with van der Waals surface area (Å²) in [5.41, 5.74) is 18.4. The molecule has 0 saturated carbocycles. The number of ether oxygens (including phenoxy) is 1. The van der Waals surface area contributed by atoms with Gasteiger partial charge in [0.1, 0.15) is 11.8 Å². The third-order valence-corrected chi connectivity index (χ3v) is 5.44. The van der Waals surface area contributed by atoms with E-state index in [9.17, 15) is 14.7 Å². The lowest BCUT2D eigenvalue weighted by Crippen LogP contribution is -2.55. The number of carbonyl (C=O) groups is 2. The molecule has 0 aliphatic carbocycles. The third-order valence-electron chi connectivity index (χ3n) is 5.44. The Morgan fingerprint density at radius 2 is 2.19 bits per heavy atom. The highest BCUT2D eigenvalue weighted by Gasteiger charge is 2.40. The molecule has 2 amide bonds. The fraction of sp³-hybridized carbons (Fsp3) is 0.227. The Balaban J connectivity index is 1.51. The van der Waals surface area contributed by atoms with Crippen LogP contribution < -0.4 is 27.4 Å². The monoisotopic (exact) mass is 493 g/mol. The zero-order chi connectivity index (χ0) is 26.0. The zero-order valence-corrected chi connectivity index (χ0v) is 19.1. The van der Waals surface area contributed by atoms with Crippen molar-refractivity contribution in [3.8, 4) is 6.07 Å². The van der Waals surface area contributed by atoms with E-state index in [0.717, 1.165) is 0 Å². The largest absolute Gasteiger partial charge is 0.403 e. The quantitative estimate of drug-likeness (QED) is 0.223. The van der Waals surface area contributed by atoms with E-state index in [1.165, 1.54) is 27.9 Å². The number of fused-ring (bicyclic) bond motifs is 1. The molecule has 1 aliphatic heterocycles. The van der Waals surface area contributed by atoms with Crippen LogP contribution in [-0.4, -0.2) is 57.2 Å². The van der Waals surface area contributed by atoms with Crippen LogP contribution in [0.25, 0.3) is 16.7 Å². The van der Waals surface area contributed by atoms with Gasteiger partial charge >= 0.3 is 0 Å². The first-order chi connectivity index (χ1) is 17.2. The lowest BCUT2D eigenvalue weighted by molar-refractivity contribution is -0.150. The standard InChI is InChI=1S/C22H23N9O5/c1-11-6-17(28-31(11)14(10-24)7-12(25)9-23)30-4-5-35-19(22(30)34)18(32)21(33)27-13-2-3-15-16(8-13)36-29-20(15)26/h2-3,6-8,10,18-19,32H,4-5,24-25H2,1H3,(H2,26,29)(H,27,33)/b12-7-,14-10+. The highest BCUT2D eigenvalue weighted by molar-refractivity contribution is 6.04. The van der Waals surface area contributed by atoms with E-state index in [4.69, 9.17) is 31.7 Å². The van der Waals surface area contributed by atoms with E-state index in [2.05, 4.69) is 15.6 Å². The number of hydrogen-bond donors (Lipinski definition) is 5. The molecule has 2 atom stereocenters. The molecule has 2 aromatic heterocycles. The molecule has 1 aromatic carbocycles. The van der Waals surface area contributed by atoms with Crippen molar-refractivity contribution in [1.82, 2.24) is 14.9 Å². The number of anilines is 3. The maximum absolute atomic E-state index is 13.1. The molecule has 1 aliphatic rings. The number of aromatic nitrogens is 3. The number of morpholine rings is 1. The molecule has 14 heteroatoms. The molecule has 8 N–H and O–H groups in total. The molecular formula is C22H23N9O5. The van der Waals surface area contributed by atoms with Crippen LogP contribution in [0.4, 0.5) is 17.3 Å². The number of aryl methyl sites for hydroxylation is 1. The van der Waals surface area contributed by atoms with Crippen LogP contribution in [0, 0.1) is 18.3 Å². The lowest BCUT2D eigenvalue weighted by atomic mass is 10.1. The Morgan fingerprint density at radius 1 is 1.42 bits per heavy atom. The summed E-state index contributed by atoms with van der Waals surface area (Å²) in [5, 5.41) is 30.7. The second-order valence-corrected chi connectivity index (χ2v) is 7.85. The highest BCUT2D eigenvalue weighted by atomic mass is 16.5. The van der Waals surface area contributed by atoms with Gasteiger partial charge in [-0.25, -0.2) is 4.68 Å². The van der Waals surface area contributed by atoms with E-state index in [-0.39, 0.29) is 30.5 Å². The predicted octanol–water partition coefficient (Wildman–Crippen LogP) is -0.230. The summed E-state index contributed by atoms with van der Waals surface area (Å²) >= 11 is 0. The molecule has 0 bridgehead atoms. The van der Waals surface area contributed by atoms with Gasteiger partial charge in [-0.15, -0.1) is 5.10 Å². The number of hydrogen-bond acceptors (Lipinski definition) is 11. The fourth-order valence-electron chi connectivity index (χ4n) is 3.67. The summed E-state index contributed by atoms with van der Waals surface area (Å²) < 4.78 is 11.9. The summed E-state index contributed by atoms with van der Waals surface area (Å²) in [4.78, 5) is 27.1. The van der Waals surface area contributed by atoms with Crippen LogP contribution in [0.1, 0.15) is 5.69 Å². The first-order valence-corrected chi connectivity index (χ1v) is 10.7. The van der Waals surface area contributed by atoms with Crippen molar-refractivity contribution in [2.45, 2.75) is 19.1 Å².